The second kappa shape index (κ2) is 7.01. The minimum Gasteiger partial charge on any atom is -0.453 e. The second-order valence-electron chi connectivity index (χ2n) is 4.20. The van der Waals surface area contributed by atoms with Gasteiger partial charge in [0.05, 0.1) is 13.7 Å². The van der Waals surface area contributed by atoms with Crippen molar-refractivity contribution in [3.8, 4) is 0 Å². The van der Waals surface area contributed by atoms with Gasteiger partial charge in [0.15, 0.2) is 0 Å². The van der Waals surface area contributed by atoms with Crippen LogP contribution in [-0.2, 0) is 9.53 Å². The van der Waals surface area contributed by atoms with Gasteiger partial charge in [0.1, 0.15) is 0 Å². The average molecular weight is 226 g/mol. The maximum Gasteiger partial charge on any atom is 0.406 e. The van der Waals surface area contributed by atoms with E-state index in [2.05, 4.69) is 15.0 Å². The van der Waals surface area contributed by atoms with Gasteiger partial charge in [-0.15, -0.1) is 0 Å². The Labute approximate surface area is 95.3 Å². The van der Waals surface area contributed by atoms with Crippen LogP contribution in [-0.4, -0.2) is 32.4 Å². The van der Waals surface area contributed by atoms with E-state index in [4.69, 9.17) is 0 Å². The predicted molar refractivity (Wildman–Crippen MR) is 58.8 cm³/mol. The van der Waals surface area contributed by atoms with E-state index < -0.39 is 0 Å². The van der Waals surface area contributed by atoms with Gasteiger partial charge >= 0.3 is 6.09 Å². The largest absolute Gasteiger partial charge is 0.453 e. The number of ether oxygens (including phenoxy) is 1. The Balaban J connectivity index is 2.27. The number of aliphatic imine (C=N–C) groups is 1. The third kappa shape index (κ3) is 4.45. The monoisotopic (exact) mass is 226 g/mol. The summed E-state index contributed by atoms with van der Waals surface area (Å²) in [5.41, 5.74) is 0. The SMILES string of the molecule is COC(=O)NCC1CCCC(CN=C=O)C1. The molecule has 2 unspecified atom stereocenters. The zero-order chi connectivity index (χ0) is 11.8. The molecule has 0 radical (unpaired) electrons. The first-order valence-electron chi connectivity index (χ1n) is 5.61. The molecule has 1 saturated carbocycles. The van der Waals surface area contributed by atoms with Crippen LogP contribution in [0.5, 0.6) is 0 Å². The lowest BCUT2D eigenvalue weighted by Crippen LogP contribution is -2.32. The van der Waals surface area contributed by atoms with E-state index in [1.165, 1.54) is 7.11 Å². The Morgan fingerprint density at radius 1 is 1.50 bits per heavy atom. The van der Waals surface area contributed by atoms with Crippen LogP contribution >= 0.6 is 0 Å². The molecule has 1 amide bonds. The fourth-order valence-electron chi connectivity index (χ4n) is 2.22. The van der Waals surface area contributed by atoms with Gasteiger partial charge in [-0.05, 0) is 31.1 Å². The van der Waals surface area contributed by atoms with Crippen LogP contribution in [0.2, 0.25) is 0 Å². The smallest absolute Gasteiger partial charge is 0.406 e. The highest BCUT2D eigenvalue weighted by Crippen LogP contribution is 2.28. The van der Waals surface area contributed by atoms with Crippen molar-refractivity contribution in [1.82, 2.24) is 5.32 Å². The molecule has 1 rings (SSSR count). The number of rotatable bonds is 4. The molecule has 1 aliphatic carbocycles. The van der Waals surface area contributed by atoms with Gasteiger partial charge < -0.3 is 10.1 Å². The van der Waals surface area contributed by atoms with Gasteiger partial charge in [0.2, 0.25) is 6.08 Å². The number of methoxy groups -OCH3 is 1. The summed E-state index contributed by atoms with van der Waals surface area (Å²) < 4.78 is 4.51. The van der Waals surface area contributed by atoms with E-state index in [0.717, 1.165) is 25.7 Å². The first-order chi connectivity index (χ1) is 7.76. The summed E-state index contributed by atoms with van der Waals surface area (Å²) in [6.45, 7) is 1.21. The number of hydrogen-bond donors (Lipinski definition) is 1. The standard InChI is InChI=1S/C11H18N2O3/c1-16-11(15)13-7-10-4-2-3-9(5-10)6-12-8-14/h9-10H,2-7H2,1H3,(H,13,15). The summed E-state index contributed by atoms with van der Waals surface area (Å²) >= 11 is 0. The predicted octanol–water partition coefficient (Wildman–Crippen LogP) is 1.48. The zero-order valence-electron chi connectivity index (χ0n) is 9.57. The zero-order valence-corrected chi connectivity index (χ0v) is 9.57. The third-order valence-electron chi connectivity index (χ3n) is 3.03. The van der Waals surface area contributed by atoms with Gasteiger partial charge in [-0.25, -0.2) is 14.6 Å². The Kier molecular flexibility index (Phi) is 5.57. The van der Waals surface area contributed by atoms with Crippen LogP contribution in [0, 0.1) is 11.8 Å². The van der Waals surface area contributed by atoms with E-state index >= 15 is 0 Å². The van der Waals surface area contributed by atoms with E-state index in [1.807, 2.05) is 0 Å². The lowest BCUT2D eigenvalue weighted by Gasteiger charge is -2.27. The molecule has 0 saturated heterocycles. The molecule has 5 nitrogen and oxygen atoms in total. The summed E-state index contributed by atoms with van der Waals surface area (Å²) in [7, 11) is 1.36. The maximum absolute atomic E-state index is 10.9. The molecule has 0 heterocycles. The van der Waals surface area contributed by atoms with Crippen molar-refractivity contribution >= 4 is 12.2 Å². The van der Waals surface area contributed by atoms with Crippen LogP contribution < -0.4 is 5.32 Å². The Morgan fingerprint density at radius 3 is 2.94 bits per heavy atom. The molecule has 0 bridgehead atoms. The van der Waals surface area contributed by atoms with Gasteiger partial charge in [0, 0.05) is 6.54 Å². The number of amides is 1. The molecule has 1 aliphatic rings. The molecule has 2 atom stereocenters. The minimum atomic E-state index is -0.381. The molecule has 0 aromatic rings. The topological polar surface area (TPSA) is 67.8 Å². The number of carbonyl (C=O) groups is 1. The quantitative estimate of drug-likeness (QED) is 0.583. The first-order valence-corrected chi connectivity index (χ1v) is 5.61. The molecule has 0 aromatic heterocycles. The maximum atomic E-state index is 10.9. The lowest BCUT2D eigenvalue weighted by atomic mass is 9.81. The third-order valence-corrected chi connectivity index (χ3v) is 3.03. The van der Waals surface area contributed by atoms with Crippen LogP contribution in [0.4, 0.5) is 4.79 Å². The highest BCUT2D eigenvalue weighted by Gasteiger charge is 2.22. The summed E-state index contributed by atoms with van der Waals surface area (Å²) in [6.07, 6.45) is 5.56. The number of alkyl carbamates (subject to hydrolysis) is 1. The number of isocyanates is 1. The molecule has 16 heavy (non-hydrogen) atoms. The lowest BCUT2D eigenvalue weighted by molar-refractivity contribution is 0.165. The van der Waals surface area contributed by atoms with Gasteiger partial charge in [-0.2, -0.15) is 0 Å². The van der Waals surface area contributed by atoms with Crippen LogP contribution in [0.1, 0.15) is 25.7 Å². The summed E-state index contributed by atoms with van der Waals surface area (Å²) in [6, 6.07) is 0. The molecule has 1 N–H and O–H groups in total. The van der Waals surface area contributed by atoms with Crippen molar-refractivity contribution < 1.29 is 14.3 Å². The average Bonchev–Trinajstić information content (AvgIpc) is 2.34. The highest BCUT2D eigenvalue weighted by molar-refractivity contribution is 5.66. The summed E-state index contributed by atoms with van der Waals surface area (Å²) in [5, 5.41) is 2.71. The van der Waals surface area contributed by atoms with Crippen LogP contribution in [0.25, 0.3) is 0 Å². The van der Waals surface area contributed by atoms with Crippen molar-refractivity contribution in [1.29, 1.82) is 0 Å². The summed E-state index contributed by atoms with van der Waals surface area (Å²) in [5.74, 6) is 0.930. The van der Waals surface area contributed by atoms with Crippen molar-refractivity contribution in [2.24, 2.45) is 16.8 Å². The number of nitrogens with one attached hydrogen (secondary N) is 1. The second-order valence-corrected chi connectivity index (χ2v) is 4.20. The Morgan fingerprint density at radius 2 is 2.25 bits per heavy atom. The minimum absolute atomic E-state index is 0.381. The fraction of sp³-hybridized carbons (Fsp3) is 0.818. The molecule has 0 aromatic carbocycles. The van der Waals surface area contributed by atoms with Crippen LogP contribution in [0.3, 0.4) is 0 Å². The van der Waals surface area contributed by atoms with Gasteiger partial charge in [-0.3, -0.25) is 0 Å². The Bertz CT molecular complexity index is 274. The molecule has 5 heteroatoms. The van der Waals surface area contributed by atoms with E-state index in [1.54, 1.807) is 6.08 Å². The first kappa shape index (κ1) is 12.7. The highest BCUT2D eigenvalue weighted by atomic mass is 16.5. The number of nitrogens with zero attached hydrogens (tertiary/aromatic N) is 1. The van der Waals surface area contributed by atoms with E-state index in [-0.39, 0.29) is 6.09 Å². The van der Waals surface area contributed by atoms with E-state index in [0.29, 0.717) is 24.9 Å². The van der Waals surface area contributed by atoms with Crippen molar-refractivity contribution in [2.75, 3.05) is 20.2 Å². The van der Waals surface area contributed by atoms with Crippen molar-refractivity contribution in [3.63, 3.8) is 0 Å². The molecular formula is C11H18N2O3. The molecule has 0 aliphatic heterocycles. The number of carbonyl (C=O) groups excluding carboxylic acids is 2. The van der Waals surface area contributed by atoms with Gasteiger partial charge in [0.25, 0.3) is 0 Å². The number of hydrogen-bond acceptors (Lipinski definition) is 4. The molecule has 90 valence electrons. The van der Waals surface area contributed by atoms with Crippen molar-refractivity contribution in [2.45, 2.75) is 25.7 Å². The fourth-order valence-corrected chi connectivity index (χ4v) is 2.22. The van der Waals surface area contributed by atoms with E-state index in [9.17, 15) is 9.59 Å². The molecule has 0 spiro atoms. The van der Waals surface area contributed by atoms with Crippen LogP contribution in [0.15, 0.2) is 4.99 Å². The van der Waals surface area contributed by atoms with Crippen molar-refractivity contribution in [3.05, 3.63) is 0 Å². The summed E-state index contributed by atoms with van der Waals surface area (Å²) in [4.78, 5) is 24.5. The van der Waals surface area contributed by atoms with Gasteiger partial charge in [-0.1, -0.05) is 6.42 Å². The molecular weight excluding hydrogens is 208 g/mol. The molecule has 1 fully saturated rings. The Hall–Kier alpha value is -1.35. The normalized spacial score (nSPS) is 24.3.